The maximum atomic E-state index is 10.4. The fraction of sp³-hybridized carbons (Fsp3) is 0.769. The molecule has 0 heterocycles. The molecule has 0 spiro atoms. The molecule has 0 aliphatic heterocycles. The number of hydrogen-bond donors (Lipinski definition) is 1. The van der Waals surface area contributed by atoms with Gasteiger partial charge in [-0.15, -0.1) is 0 Å². The zero-order valence-electron chi connectivity index (χ0n) is 10.0. The van der Waals surface area contributed by atoms with Crippen LogP contribution in [0.4, 0.5) is 0 Å². The van der Waals surface area contributed by atoms with Gasteiger partial charge in [0.25, 0.3) is 0 Å². The topological polar surface area (TPSA) is 37.3 Å². The van der Waals surface area contributed by atoms with Crippen LogP contribution in [-0.4, -0.2) is 11.1 Å². The highest BCUT2D eigenvalue weighted by atomic mass is 16.4. The van der Waals surface area contributed by atoms with Crippen molar-refractivity contribution in [1.29, 1.82) is 0 Å². The fourth-order valence-corrected chi connectivity index (χ4v) is 1.52. The molecule has 2 heteroatoms. The standard InChI is InChI=1S/C13H24O2/c1-3-4-5-6-7-8-9-10-12(2)11-13(14)15/h8-9,12H,3-7,10-11H2,1-2H3,(H,14,15)/b9-8-/t12-/m0/s1. The number of unbranched alkanes of at least 4 members (excludes halogenated alkanes) is 4. The summed E-state index contributed by atoms with van der Waals surface area (Å²) in [4.78, 5) is 10.4. The van der Waals surface area contributed by atoms with Crippen LogP contribution in [0, 0.1) is 5.92 Å². The Balaban J connectivity index is 3.33. The molecule has 0 saturated carbocycles. The normalized spacial score (nSPS) is 13.2. The molecule has 0 bridgehead atoms. The summed E-state index contributed by atoms with van der Waals surface area (Å²) in [5.74, 6) is -0.437. The minimum absolute atomic E-state index is 0.259. The van der Waals surface area contributed by atoms with Crippen LogP contribution in [0.15, 0.2) is 12.2 Å². The molecule has 1 N–H and O–H groups in total. The van der Waals surface area contributed by atoms with Crippen molar-refractivity contribution in [2.45, 2.75) is 58.8 Å². The monoisotopic (exact) mass is 212 g/mol. The van der Waals surface area contributed by atoms with Gasteiger partial charge in [-0.25, -0.2) is 0 Å². The van der Waals surface area contributed by atoms with Crippen LogP contribution in [0.5, 0.6) is 0 Å². The van der Waals surface area contributed by atoms with E-state index in [9.17, 15) is 4.79 Å². The van der Waals surface area contributed by atoms with E-state index in [1.807, 2.05) is 6.92 Å². The number of hydrogen-bond acceptors (Lipinski definition) is 1. The molecule has 0 amide bonds. The molecular weight excluding hydrogens is 188 g/mol. The fourth-order valence-electron chi connectivity index (χ4n) is 1.52. The third kappa shape index (κ3) is 11.1. The van der Waals surface area contributed by atoms with E-state index in [0.717, 1.165) is 12.8 Å². The zero-order chi connectivity index (χ0) is 11.5. The molecule has 88 valence electrons. The third-order valence-electron chi connectivity index (χ3n) is 2.45. The Morgan fingerprint density at radius 2 is 2.00 bits per heavy atom. The van der Waals surface area contributed by atoms with Crippen molar-refractivity contribution in [3.63, 3.8) is 0 Å². The van der Waals surface area contributed by atoms with Crippen LogP contribution in [-0.2, 0) is 4.79 Å². The largest absolute Gasteiger partial charge is 0.481 e. The van der Waals surface area contributed by atoms with E-state index in [1.165, 1.54) is 25.7 Å². The number of carboxylic acid groups (broad SMARTS) is 1. The summed E-state index contributed by atoms with van der Waals surface area (Å²) in [5.41, 5.74) is 0. The summed E-state index contributed by atoms with van der Waals surface area (Å²) in [6.45, 7) is 4.19. The van der Waals surface area contributed by atoms with E-state index in [0.29, 0.717) is 0 Å². The van der Waals surface area contributed by atoms with Gasteiger partial charge in [0.2, 0.25) is 0 Å². The highest BCUT2D eigenvalue weighted by Crippen LogP contribution is 2.09. The summed E-state index contributed by atoms with van der Waals surface area (Å²) < 4.78 is 0. The molecule has 0 fully saturated rings. The Morgan fingerprint density at radius 3 is 2.60 bits per heavy atom. The van der Waals surface area contributed by atoms with Crippen molar-refractivity contribution in [3.05, 3.63) is 12.2 Å². The Bertz CT molecular complexity index is 185. The van der Waals surface area contributed by atoms with Gasteiger partial charge >= 0.3 is 5.97 Å². The van der Waals surface area contributed by atoms with Gasteiger partial charge in [0.15, 0.2) is 0 Å². The van der Waals surface area contributed by atoms with Crippen molar-refractivity contribution in [3.8, 4) is 0 Å². The quantitative estimate of drug-likeness (QED) is 0.463. The summed E-state index contributed by atoms with van der Waals surface area (Å²) in [6, 6.07) is 0. The van der Waals surface area contributed by atoms with Crippen LogP contribution >= 0.6 is 0 Å². The molecule has 2 nitrogen and oxygen atoms in total. The van der Waals surface area contributed by atoms with Crippen molar-refractivity contribution in [2.75, 3.05) is 0 Å². The average Bonchev–Trinajstić information content (AvgIpc) is 2.15. The van der Waals surface area contributed by atoms with Crippen LogP contribution in [0.25, 0.3) is 0 Å². The predicted octanol–water partition coefficient (Wildman–Crippen LogP) is 4.01. The molecule has 0 unspecified atom stereocenters. The molecule has 15 heavy (non-hydrogen) atoms. The molecule has 0 aromatic carbocycles. The van der Waals surface area contributed by atoms with Gasteiger partial charge < -0.3 is 5.11 Å². The van der Waals surface area contributed by atoms with Crippen molar-refractivity contribution in [1.82, 2.24) is 0 Å². The first-order valence-electron chi connectivity index (χ1n) is 6.03. The first-order chi connectivity index (χ1) is 7.16. The second kappa shape index (κ2) is 9.75. The van der Waals surface area contributed by atoms with E-state index in [-0.39, 0.29) is 12.3 Å². The zero-order valence-corrected chi connectivity index (χ0v) is 10.0. The molecule has 0 saturated heterocycles. The van der Waals surface area contributed by atoms with Crippen LogP contribution in [0.3, 0.4) is 0 Å². The third-order valence-corrected chi connectivity index (χ3v) is 2.45. The number of allylic oxidation sites excluding steroid dienone is 2. The number of aliphatic carboxylic acids is 1. The van der Waals surface area contributed by atoms with Crippen LogP contribution < -0.4 is 0 Å². The van der Waals surface area contributed by atoms with E-state index >= 15 is 0 Å². The minimum Gasteiger partial charge on any atom is -0.481 e. The highest BCUT2D eigenvalue weighted by molar-refractivity contribution is 5.66. The molecular formula is C13H24O2. The van der Waals surface area contributed by atoms with Crippen molar-refractivity contribution >= 4 is 5.97 Å². The van der Waals surface area contributed by atoms with Gasteiger partial charge in [0, 0.05) is 6.42 Å². The SMILES string of the molecule is CCCCCC/C=C\C[C@H](C)CC(=O)O. The lowest BCUT2D eigenvalue weighted by molar-refractivity contribution is -0.137. The lowest BCUT2D eigenvalue weighted by Crippen LogP contribution is -2.02. The Kier molecular flexibility index (Phi) is 9.24. The Hall–Kier alpha value is -0.790. The van der Waals surface area contributed by atoms with Gasteiger partial charge in [-0.05, 0) is 25.2 Å². The Morgan fingerprint density at radius 1 is 1.27 bits per heavy atom. The first-order valence-corrected chi connectivity index (χ1v) is 6.03. The summed E-state index contributed by atoms with van der Waals surface area (Å²) >= 11 is 0. The number of carbonyl (C=O) groups is 1. The second-order valence-electron chi connectivity index (χ2n) is 4.26. The minimum atomic E-state index is -0.696. The van der Waals surface area contributed by atoms with E-state index in [1.54, 1.807) is 0 Å². The maximum Gasteiger partial charge on any atom is 0.303 e. The smallest absolute Gasteiger partial charge is 0.303 e. The molecule has 0 aromatic heterocycles. The highest BCUT2D eigenvalue weighted by Gasteiger charge is 2.04. The molecule has 0 rings (SSSR count). The molecule has 1 atom stereocenters. The number of carboxylic acids is 1. The van der Waals surface area contributed by atoms with Crippen LogP contribution in [0.1, 0.15) is 58.8 Å². The summed E-state index contributed by atoms with van der Waals surface area (Å²) in [5, 5.41) is 8.56. The van der Waals surface area contributed by atoms with Gasteiger partial charge in [-0.3, -0.25) is 4.79 Å². The lowest BCUT2D eigenvalue weighted by Gasteiger charge is -2.03. The molecule has 0 aliphatic rings. The van der Waals surface area contributed by atoms with Crippen molar-refractivity contribution in [2.24, 2.45) is 5.92 Å². The predicted molar refractivity (Wildman–Crippen MR) is 63.9 cm³/mol. The average molecular weight is 212 g/mol. The van der Waals surface area contributed by atoms with Gasteiger partial charge in [-0.1, -0.05) is 45.3 Å². The summed E-state index contributed by atoms with van der Waals surface area (Å²) in [6.07, 6.45) is 11.8. The molecule has 0 aliphatic carbocycles. The van der Waals surface area contributed by atoms with E-state index in [2.05, 4.69) is 19.1 Å². The van der Waals surface area contributed by atoms with E-state index in [4.69, 9.17) is 5.11 Å². The second-order valence-corrected chi connectivity index (χ2v) is 4.26. The van der Waals surface area contributed by atoms with Gasteiger partial charge in [0.05, 0.1) is 0 Å². The first kappa shape index (κ1) is 14.2. The molecule has 0 radical (unpaired) electrons. The van der Waals surface area contributed by atoms with E-state index < -0.39 is 5.97 Å². The van der Waals surface area contributed by atoms with Gasteiger partial charge in [-0.2, -0.15) is 0 Å². The van der Waals surface area contributed by atoms with Crippen molar-refractivity contribution < 1.29 is 9.90 Å². The van der Waals surface area contributed by atoms with Gasteiger partial charge in [0.1, 0.15) is 0 Å². The summed E-state index contributed by atoms with van der Waals surface area (Å²) in [7, 11) is 0. The molecule has 0 aromatic rings. The Labute approximate surface area is 93.4 Å². The lowest BCUT2D eigenvalue weighted by atomic mass is 10.0. The maximum absolute atomic E-state index is 10.4. The number of rotatable bonds is 9. The van der Waals surface area contributed by atoms with Crippen LogP contribution in [0.2, 0.25) is 0 Å².